The molecule has 0 radical (unpaired) electrons. The van der Waals surface area contributed by atoms with E-state index in [0.717, 1.165) is 145 Å². The molecule has 4 spiro atoms. The molecule has 14 heterocycles. The first-order valence-electron chi connectivity index (χ1n) is 53.0. The van der Waals surface area contributed by atoms with Crippen LogP contribution in [0.4, 0.5) is 0 Å². The van der Waals surface area contributed by atoms with Crippen LogP contribution in [0.2, 0.25) is 0 Å². The number of fused-ring (bicyclic) bond motifs is 3. The summed E-state index contributed by atoms with van der Waals surface area (Å²) < 4.78 is 136. The van der Waals surface area contributed by atoms with Crippen LogP contribution in [0.25, 0.3) is 44.9 Å². The van der Waals surface area contributed by atoms with Gasteiger partial charge < -0.3 is 74.2 Å². The molecule has 3 aromatic heterocycles. The molecule has 3 aromatic carbocycles. The Hall–Kier alpha value is -7.02. The Labute approximate surface area is 919 Å². The third-order valence-electron chi connectivity index (χ3n) is 30.9. The van der Waals surface area contributed by atoms with E-state index in [1.54, 1.807) is 12.2 Å². The first-order valence-corrected chi connectivity index (χ1v) is 61.1. The number of hydrogen-bond acceptors (Lipinski definition) is 24. The number of aliphatic hydroxyl groups is 2. The Kier molecular flexibility index (Phi) is 44.0. The van der Waals surface area contributed by atoms with Gasteiger partial charge in [-0.15, -0.1) is 13.2 Å². The fourth-order valence-corrected chi connectivity index (χ4v) is 27.5. The van der Waals surface area contributed by atoms with Gasteiger partial charge in [0, 0.05) is 143 Å². The van der Waals surface area contributed by atoms with Crippen molar-refractivity contribution in [2.45, 2.75) is 292 Å². The summed E-state index contributed by atoms with van der Waals surface area (Å²) in [7, 11) is -8.90. The molecule has 11 fully saturated rings. The molecule has 830 valence electrons. The van der Waals surface area contributed by atoms with E-state index in [2.05, 4.69) is 107 Å². The molecule has 7 saturated heterocycles. The predicted molar refractivity (Wildman–Crippen MR) is 611 cm³/mol. The highest BCUT2D eigenvalue weighted by molar-refractivity contribution is 9.10. The van der Waals surface area contributed by atoms with E-state index in [-0.39, 0.29) is 126 Å². The van der Waals surface area contributed by atoms with Gasteiger partial charge in [-0.05, 0) is 210 Å². The van der Waals surface area contributed by atoms with Crippen LogP contribution in [0.3, 0.4) is 0 Å². The third-order valence-corrected chi connectivity index (χ3v) is 38.0. The van der Waals surface area contributed by atoms with Gasteiger partial charge in [0.05, 0.1) is 68.6 Å². The molecule has 6 aromatic rings. The zero-order valence-corrected chi connectivity index (χ0v) is 95.7. The van der Waals surface area contributed by atoms with E-state index < -0.39 is 79.0 Å². The van der Waals surface area contributed by atoms with Gasteiger partial charge in [-0.3, -0.25) is 39.1 Å². The monoisotopic (exact) mass is 2290 g/mol. The summed E-state index contributed by atoms with van der Waals surface area (Å²) in [4.78, 5) is 69.7. The number of amides is 4. The molecule has 150 heavy (non-hydrogen) atoms. The predicted octanol–water partition coefficient (Wildman–Crippen LogP) is 14.5. The number of nitrogens with one attached hydrogen (secondary N) is 5. The second-order valence-corrected chi connectivity index (χ2v) is 52.1. The average Bonchev–Trinajstić information content (AvgIpc) is 1.61. The molecular weight excluding hydrogens is 2140 g/mol. The first-order chi connectivity index (χ1) is 70.3. The number of sulfonamides is 3. The minimum atomic E-state index is -3.52. The summed E-state index contributed by atoms with van der Waals surface area (Å²) in [5.41, 5.74) is 2.27. The second kappa shape index (κ2) is 54.3. The number of benzene rings is 3. The Morgan fingerprint density at radius 2 is 0.760 bits per heavy atom. The van der Waals surface area contributed by atoms with Crippen LogP contribution in [0.1, 0.15) is 231 Å². The van der Waals surface area contributed by atoms with Gasteiger partial charge in [0.15, 0.2) is 11.6 Å². The lowest BCUT2D eigenvalue weighted by atomic mass is 9.88. The van der Waals surface area contributed by atoms with Crippen LogP contribution in [0, 0.1) is 23.7 Å². The molecule has 0 unspecified atom stereocenters. The number of nitrogens with zero attached hydrogens (tertiary/aromatic N) is 10. The molecule has 15 aliphatic rings. The summed E-state index contributed by atoms with van der Waals surface area (Å²) in [6, 6.07) is 24.1. The van der Waals surface area contributed by atoms with E-state index in [1.165, 1.54) is 139 Å². The van der Waals surface area contributed by atoms with Crippen LogP contribution >= 0.6 is 67.1 Å². The molecule has 43 heteroatoms. The Balaban J connectivity index is 0.000000166. The number of ether oxygens (including phenoxy) is 5. The van der Waals surface area contributed by atoms with Crippen LogP contribution < -0.4 is 26.6 Å². The maximum Gasteiger partial charge on any atom is 0.253 e. The molecule has 3 atom stereocenters. The highest BCUT2D eigenvalue weighted by atomic mass is 79.9. The summed E-state index contributed by atoms with van der Waals surface area (Å²) in [6.45, 7) is 22.9. The first kappa shape index (κ1) is 122. The van der Waals surface area contributed by atoms with Crippen molar-refractivity contribution in [3.8, 4) is 0 Å². The quantitative estimate of drug-likeness (QED) is 0.0219. The normalized spacial score (nSPS) is 23.7. The molecule has 0 bridgehead atoms. The summed E-state index contributed by atoms with van der Waals surface area (Å²) >= 11 is 3.57. The lowest BCUT2D eigenvalue weighted by Gasteiger charge is -2.34. The number of piperidine rings is 4. The van der Waals surface area contributed by atoms with Crippen molar-refractivity contribution in [1.82, 2.24) is 53.2 Å². The minimum Gasteiger partial charge on any atom is -0.394 e. The maximum absolute atomic E-state index is 13.2. The molecule has 7 N–H and O–H groups in total. The number of carbonyl (C=O) groups excluding carboxylic acids is 4. The van der Waals surface area contributed by atoms with Crippen molar-refractivity contribution in [2.24, 2.45) is 43.6 Å². The van der Waals surface area contributed by atoms with Crippen LogP contribution in [-0.2, 0) is 102 Å². The maximum atomic E-state index is 13.2. The van der Waals surface area contributed by atoms with Crippen molar-refractivity contribution >= 4 is 198 Å². The molecule has 34 nitrogen and oxygen atoms in total. The number of carbonyl (C=O) groups is 4. The lowest BCUT2D eigenvalue weighted by molar-refractivity contribution is -0.140. The van der Waals surface area contributed by atoms with E-state index >= 15 is 0 Å². The number of aromatic nitrogens is 3. The van der Waals surface area contributed by atoms with Crippen LogP contribution in [-0.4, -0.2) is 278 Å². The average molecular weight is 2300 g/mol. The topological polar surface area (TPSA) is 426 Å². The molecule has 4 saturated carbocycles. The smallest absolute Gasteiger partial charge is 0.253 e. The summed E-state index contributed by atoms with van der Waals surface area (Å²) in [5, 5.41) is 37.6. The van der Waals surface area contributed by atoms with Gasteiger partial charge in [-0.1, -0.05) is 160 Å². The van der Waals surface area contributed by atoms with Crippen LogP contribution in [0.15, 0.2) is 153 Å². The summed E-state index contributed by atoms with van der Waals surface area (Å²) in [6.07, 6.45) is 45.4. The zero-order chi connectivity index (χ0) is 104. The standard InChI is InChI=1S/C30H40N4O5S.C27H36N4O5S.C16H25N3O3S.C14H16BrNO2.C13H21N3O.C4H8O.C3H5ClO2S.3H2S/c1-29(2)38-21-24(39-29)20-33-16-13-25-22(10-6-12-26(25)33)11-7-19-40(36,37)34-17-14-30(15-18-34)28(35)31-27(32-30)23-8-4-3-5-9-23;32-19-22(33)18-30-14-11-23-20(8-4-10-24(23)30)9-5-17-37(35,36)31-15-12-27(13-16-31)26(34)28-25(29-27)21-6-2-1-3-7-21;1-2-12-23(21,22)19-10-8-16(9-11-19)15(20)17-14(18-16)13-6-4-3-5-7-13;1-14(2)17-9-10(18-14)8-16-7-6-11-12(15)4-3-5-13(11)16;17-12-13(6-8-14-9-7-13)16-11(15-12)10-4-2-1-3-5-10;1-2-4-5-3-1;1-2-3-7(4,5)6;;;/h6-7,10-13,16,23-24H,3-5,8-9,14-15,17-21H2,1-2H3,(H,31,32,35);4-5,8-11,14,21-22,32-33H,1-3,6-7,12-13,15-19H2,(H,28,29,34);2,13H,1,3-12H2,(H,17,18,20);3-7,10H,8-9H2,1-2H3;10,14H,1-9H2,(H,15,16,17);1-4H2;2H,1,3H2;3*1H2/b11-7+;9-5+;;;;;;;;/t24-;22-;;10-;;;;;;/m00.0....../s1. The Morgan fingerprint density at radius 3 is 1.07 bits per heavy atom. The lowest BCUT2D eigenvalue weighted by Crippen LogP contribution is -2.50. The number of amidine groups is 4. The van der Waals surface area contributed by atoms with Crippen molar-refractivity contribution in [3.63, 3.8) is 0 Å². The Bertz CT molecular complexity index is 6280. The molecule has 11 aliphatic heterocycles. The fraction of sp³-hybridized carbons (Fsp3) is 0.626. The fourth-order valence-electron chi connectivity index (χ4n) is 22.6. The van der Waals surface area contributed by atoms with Gasteiger partial charge in [-0.25, -0.2) is 46.6 Å². The highest BCUT2D eigenvalue weighted by Crippen LogP contribution is 2.42. The SMILES string of the molecule is C1CCOC1.C=CCS(=O)(=O)Cl.C=CCS(=O)(=O)N1CCC2(CC1)N=C(C1CCCCC1)NC2=O.CC1(C)OC[C@H](Cn2ccc3c(/C=C/CS(=O)(=O)N4CCC5(CC4)N=C(C4CCCCC4)NC5=O)cccc32)O1.CC1(C)OC[C@H](Cn2ccc3c(Br)cccc32)O1.O=C1NC(C2CCCCC2)=NC12CCN(S(=O)(=O)C/C=C/c1cccc3c1ccn3C[C@H](O)CO)CC2.O=C1NC(C2CCCCC2)=NC12CCNCC2.S.S.S. The van der Waals surface area contributed by atoms with Gasteiger partial charge in [0.25, 0.3) is 23.6 Å². The van der Waals surface area contributed by atoms with Crippen molar-refractivity contribution in [3.05, 3.63) is 144 Å². The summed E-state index contributed by atoms with van der Waals surface area (Å²) in [5.74, 6) is 3.60. The van der Waals surface area contributed by atoms with Crippen LogP contribution in [0.5, 0.6) is 0 Å². The van der Waals surface area contributed by atoms with E-state index in [4.69, 9.17) is 59.4 Å². The number of aliphatic imine (C=N–C) groups is 4. The van der Waals surface area contributed by atoms with Crippen molar-refractivity contribution in [2.75, 3.05) is 108 Å². The largest absolute Gasteiger partial charge is 0.394 e. The number of hydrogen-bond donors (Lipinski definition) is 7. The molecular formula is C107H157BrClN15O19S7. The number of aliphatic hydroxyl groups excluding tert-OH is 2. The number of rotatable bonds is 24. The van der Waals surface area contributed by atoms with Gasteiger partial charge in [0.2, 0.25) is 39.1 Å². The van der Waals surface area contributed by atoms with Crippen molar-refractivity contribution in [1.29, 1.82) is 0 Å². The molecule has 4 amide bonds. The minimum absolute atomic E-state index is 0. The van der Waals surface area contributed by atoms with Gasteiger partial charge >= 0.3 is 0 Å². The second-order valence-electron chi connectivity index (χ2n) is 42.3. The molecule has 21 rings (SSSR count). The Morgan fingerprint density at radius 1 is 0.440 bits per heavy atom. The van der Waals surface area contributed by atoms with E-state index in [0.29, 0.717) is 108 Å². The van der Waals surface area contributed by atoms with Crippen molar-refractivity contribution < 1.29 is 86.7 Å². The molecule has 4 aliphatic carbocycles. The number of halogens is 2. The zero-order valence-electron chi connectivity index (χ0n) is 87.1. The van der Waals surface area contributed by atoms with E-state index in [9.17, 15) is 58.0 Å². The highest BCUT2D eigenvalue weighted by Gasteiger charge is 2.53. The van der Waals surface area contributed by atoms with Gasteiger partial charge in [0.1, 0.15) is 57.7 Å². The van der Waals surface area contributed by atoms with E-state index in [1.807, 2.05) is 93.2 Å². The van der Waals surface area contributed by atoms with Gasteiger partial charge in [-0.2, -0.15) is 40.5 Å². The third kappa shape index (κ3) is 31.3.